The molecule has 9 heteroatoms. The topological polar surface area (TPSA) is 78.2 Å². The highest BCUT2D eigenvalue weighted by atomic mass is 35.5. The average molecular weight is 573 g/mol. The van der Waals surface area contributed by atoms with Crippen molar-refractivity contribution in [1.82, 2.24) is 4.98 Å². The number of H-pyrrole nitrogens is 1. The van der Waals surface area contributed by atoms with Crippen LogP contribution in [0.25, 0.3) is 21.8 Å². The van der Waals surface area contributed by atoms with E-state index >= 15 is 0 Å². The number of rotatable bonds is 6. The zero-order chi connectivity index (χ0) is 26.4. The van der Waals surface area contributed by atoms with E-state index < -0.39 is 0 Å². The smallest absolute Gasteiger partial charge is 0.0797 e. The van der Waals surface area contributed by atoms with Crippen LogP contribution >= 0.6 is 46.4 Å². The Morgan fingerprint density at radius 1 is 0.784 bits per heavy atom. The molecule has 0 atom stereocenters. The van der Waals surface area contributed by atoms with Gasteiger partial charge in [0.15, 0.2) is 0 Å². The maximum absolute atomic E-state index is 6.26. The Kier molecular flexibility index (Phi) is 9.06. The molecule has 0 aliphatic carbocycles. The molecule has 0 radical (unpaired) electrons. The number of aromatic amines is 1. The lowest BCUT2D eigenvalue weighted by atomic mass is 10.0. The standard InChI is InChI=1S/C21H17Cl3N4.C7H8ClN/c22-13-1-3-14(4-2-13)27-15-7-12(5-6-26-11-25)21-17(8-15)16-9-18(23)19(24)10-20(16)28-21;1-9-7-4-2-6(8)3-5-7/h1-4,7-11,27-28H,5-6H2,(H2,25,26);2-5,9H,1H3. The number of nitrogens with one attached hydrogen (secondary N) is 3. The zero-order valence-electron chi connectivity index (χ0n) is 20.0. The Hall–Kier alpha value is -3.09. The fourth-order valence-corrected chi connectivity index (χ4v) is 4.49. The summed E-state index contributed by atoms with van der Waals surface area (Å²) < 4.78 is 0. The maximum atomic E-state index is 6.26. The molecule has 5 N–H and O–H groups in total. The first-order chi connectivity index (χ1) is 17.9. The summed E-state index contributed by atoms with van der Waals surface area (Å²) in [4.78, 5) is 7.61. The summed E-state index contributed by atoms with van der Waals surface area (Å²) >= 11 is 24.1. The highest BCUT2D eigenvalue weighted by molar-refractivity contribution is 6.43. The molecule has 0 spiro atoms. The van der Waals surface area contributed by atoms with Gasteiger partial charge in [0, 0.05) is 62.5 Å². The predicted octanol–water partition coefficient (Wildman–Crippen LogP) is 8.94. The Balaban J connectivity index is 0.000000301. The van der Waals surface area contributed by atoms with Crippen LogP contribution in [0.1, 0.15) is 5.56 Å². The Morgan fingerprint density at radius 2 is 1.41 bits per heavy atom. The fraction of sp³-hybridized carbons (Fsp3) is 0.107. The van der Waals surface area contributed by atoms with Crippen molar-refractivity contribution < 1.29 is 0 Å². The molecule has 0 saturated carbocycles. The third-order valence-corrected chi connectivity index (χ3v) is 6.94. The highest BCUT2D eigenvalue weighted by Gasteiger charge is 2.13. The van der Waals surface area contributed by atoms with Gasteiger partial charge in [-0.3, -0.25) is 4.99 Å². The molecule has 5 nitrogen and oxygen atoms in total. The number of anilines is 3. The summed E-state index contributed by atoms with van der Waals surface area (Å²) in [6.07, 6.45) is 2.08. The number of hydrogen-bond acceptors (Lipinski definition) is 3. The maximum Gasteiger partial charge on any atom is 0.0797 e. The summed E-state index contributed by atoms with van der Waals surface area (Å²) in [6.45, 7) is 0.604. The molecule has 0 bridgehead atoms. The molecule has 0 saturated heterocycles. The van der Waals surface area contributed by atoms with Crippen LogP contribution in [0.2, 0.25) is 20.1 Å². The van der Waals surface area contributed by atoms with Gasteiger partial charge in [-0.15, -0.1) is 0 Å². The molecule has 5 aromatic rings. The first-order valence-electron chi connectivity index (χ1n) is 11.5. The molecule has 0 amide bonds. The zero-order valence-corrected chi connectivity index (χ0v) is 23.0. The summed E-state index contributed by atoms with van der Waals surface area (Å²) in [5.74, 6) is 0. The molecule has 0 fully saturated rings. The molecule has 1 heterocycles. The lowest BCUT2D eigenvalue weighted by Crippen LogP contribution is -1.97. The minimum atomic E-state index is 0.523. The Labute approximate surface area is 235 Å². The molecular weight excluding hydrogens is 548 g/mol. The van der Waals surface area contributed by atoms with Crippen LogP contribution in [0.5, 0.6) is 0 Å². The molecule has 0 aliphatic rings. The van der Waals surface area contributed by atoms with Crippen LogP contribution in [0, 0.1) is 0 Å². The van der Waals surface area contributed by atoms with E-state index in [4.69, 9.17) is 52.1 Å². The van der Waals surface area contributed by atoms with Crippen molar-refractivity contribution in [3.05, 3.63) is 98.5 Å². The van der Waals surface area contributed by atoms with Crippen LogP contribution in [0.15, 0.2) is 77.8 Å². The number of nitrogens with two attached hydrogens (primary N) is 1. The molecule has 0 aliphatic heterocycles. The number of nitrogens with zero attached hydrogens (tertiary/aromatic N) is 1. The Morgan fingerprint density at radius 3 is 2.03 bits per heavy atom. The van der Waals surface area contributed by atoms with Gasteiger partial charge >= 0.3 is 0 Å². The summed E-state index contributed by atoms with van der Waals surface area (Å²) in [7, 11) is 1.88. The van der Waals surface area contributed by atoms with Gasteiger partial charge in [0.05, 0.1) is 16.4 Å². The van der Waals surface area contributed by atoms with Crippen LogP contribution < -0.4 is 16.4 Å². The van der Waals surface area contributed by atoms with E-state index in [1.807, 2.05) is 67.7 Å². The number of aromatic nitrogens is 1. The van der Waals surface area contributed by atoms with Crippen molar-refractivity contribution in [3.8, 4) is 0 Å². The lowest BCUT2D eigenvalue weighted by Gasteiger charge is -2.10. The number of benzene rings is 4. The van der Waals surface area contributed by atoms with Crippen LogP contribution in [-0.2, 0) is 6.42 Å². The second-order valence-corrected chi connectivity index (χ2v) is 9.88. The van der Waals surface area contributed by atoms with Gasteiger partial charge in [0.25, 0.3) is 0 Å². The van der Waals surface area contributed by atoms with E-state index in [1.165, 1.54) is 6.34 Å². The molecule has 5 rings (SSSR count). The highest BCUT2D eigenvalue weighted by Crippen LogP contribution is 2.36. The van der Waals surface area contributed by atoms with Gasteiger partial charge < -0.3 is 21.4 Å². The lowest BCUT2D eigenvalue weighted by molar-refractivity contribution is 0.977. The quantitative estimate of drug-likeness (QED) is 0.121. The summed E-state index contributed by atoms with van der Waals surface area (Å²) in [5, 5.41) is 11.0. The number of fused-ring (bicyclic) bond motifs is 3. The van der Waals surface area contributed by atoms with Gasteiger partial charge in [-0.1, -0.05) is 46.4 Å². The second-order valence-electron chi connectivity index (χ2n) is 8.19. The summed E-state index contributed by atoms with van der Waals surface area (Å²) in [6, 6.07) is 23.1. The van der Waals surface area contributed by atoms with Gasteiger partial charge in [-0.25, -0.2) is 0 Å². The van der Waals surface area contributed by atoms with Crippen molar-refractivity contribution in [1.29, 1.82) is 0 Å². The number of aliphatic imine (C=N–C) groups is 1. The molecule has 37 heavy (non-hydrogen) atoms. The van der Waals surface area contributed by atoms with E-state index in [-0.39, 0.29) is 0 Å². The monoisotopic (exact) mass is 571 g/mol. The van der Waals surface area contributed by atoms with Crippen molar-refractivity contribution in [3.63, 3.8) is 0 Å². The number of halogens is 4. The Bertz CT molecular complexity index is 1530. The molecule has 0 unspecified atom stereocenters. The van der Waals surface area contributed by atoms with Crippen LogP contribution in [0.3, 0.4) is 0 Å². The van der Waals surface area contributed by atoms with E-state index in [1.54, 1.807) is 0 Å². The largest absolute Gasteiger partial charge is 0.390 e. The van der Waals surface area contributed by atoms with Crippen molar-refractivity contribution in [2.75, 3.05) is 24.2 Å². The molecule has 190 valence electrons. The van der Waals surface area contributed by atoms with Crippen molar-refractivity contribution in [2.45, 2.75) is 6.42 Å². The fourth-order valence-electron chi connectivity index (χ4n) is 3.92. The summed E-state index contributed by atoms with van der Waals surface area (Å²) in [5.41, 5.74) is 11.5. The third kappa shape index (κ3) is 6.82. The van der Waals surface area contributed by atoms with Gasteiger partial charge in [-0.05, 0) is 84.8 Å². The second kappa shape index (κ2) is 12.4. The third-order valence-electron chi connectivity index (χ3n) is 5.71. The van der Waals surface area contributed by atoms with E-state index in [9.17, 15) is 0 Å². The molecular formula is C28H25Cl4N5. The predicted molar refractivity (Wildman–Crippen MR) is 163 cm³/mol. The van der Waals surface area contributed by atoms with Gasteiger partial charge in [0.2, 0.25) is 0 Å². The van der Waals surface area contributed by atoms with Crippen LogP contribution in [-0.4, -0.2) is 24.9 Å². The molecule has 4 aromatic carbocycles. The van der Waals surface area contributed by atoms with Gasteiger partial charge in [0.1, 0.15) is 0 Å². The first-order valence-corrected chi connectivity index (χ1v) is 13.0. The number of hydrogen-bond donors (Lipinski definition) is 4. The van der Waals surface area contributed by atoms with E-state index in [0.29, 0.717) is 21.6 Å². The van der Waals surface area contributed by atoms with E-state index in [0.717, 1.165) is 55.9 Å². The van der Waals surface area contributed by atoms with E-state index in [2.05, 4.69) is 32.7 Å². The van der Waals surface area contributed by atoms with Crippen molar-refractivity contribution >= 4 is 91.6 Å². The normalized spacial score (nSPS) is 11.1. The van der Waals surface area contributed by atoms with Gasteiger partial charge in [-0.2, -0.15) is 0 Å². The average Bonchev–Trinajstić information content (AvgIpc) is 3.24. The van der Waals surface area contributed by atoms with Crippen molar-refractivity contribution in [2.24, 2.45) is 10.7 Å². The molecule has 1 aromatic heterocycles. The minimum absolute atomic E-state index is 0.523. The first kappa shape index (κ1) is 27.0. The minimum Gasteiger partial charge on any atom is -0.390 e. The SMILES string of the molecule is CNc1ccc(Cl)cc1.NC=NCCc1cc(Nc2ccc(Cl)cc2)cc2c1[nH]c1cc(Cl)c(Cl)cc12. The van der Waals surface area contributed by atoms with Crippen LogP contribution in [0.4, 0.5) is 17.1 Å².